The Balaban J connectivity index is 1.91. The molecule has 114 valence electrons. The zero-order valence-electron chi connectivity index (χ0n) is 12.7. The van der Waals surface area contributed by atoms with Crippen molar-refractivity contribution in [2.75, 3.05) is 26.2 Å². The lowest BCUT2D eigenvalue weighted by atomic mass is 10.2. The molecule has 1 aliphatic heterocycles. The van der Waals surface area contributed by atoms with Crippen molar-refractivity contribution < 1.29 is 9.53 Å². The van der Waals surface area contributed by atoms with Crippen LogP contribution in [0.4, 0.5) is 4.79 Å². The number of aromatic amines is 1. The van der Waals surface area contributed by atoms with E-state index in [2.05, 4.69) is 16.0 Å². The maximum Gasteiger partial charge on any atom is 0.410 e. The molecule has 1 aromatic heterocycles. The highest BCUT2D eigenvalue weighted by Gasteiger charge is 2.29. The summed E-state index contributed by atoms with van der Waals surface area (Å²) in [6.45, 7) is 7.94. The minimum absolute atomic E-state index is 0.294. The Bertz CT molecular complexity index is 506. The molecule has 0 radical (unpaired) electrons. The Morgan fingerprint density at radius 2 is 2.10 bits per heavy atom. The van der Waals surface area contributed by atoms with E-state index in [-0.39, 0.29) is 12.1 Å². The van der Waals surface area contributed by atoms with Crippen LogP contribution < -0.4 is 0 Å². The minimum atomic E-state index is -0.487. The molecule has 2 heterocycles. The smallest absolute Gasteiger partial charge is 0.410 e. The third kappa shape index (κ3) is 3.95. The summed E-state index contributed by atoms with van der Waals surface area (Å²) in [4.78, 5) is 22.6. The number of aromatic nitrogens is 2. The summed E-state index contributed by atoms with van der Waals surface area (Å²) in [7, 11) is 0. The second-order valence-electron chi connectivity index (χ2n) is 6.04. The van der Waals surface area contributed by atoms with Crippen LogP contribution in [0.1, 0.15) is 32.5 Å². The van der Waals surface area contributed by atoms with Crippen molar-refractivity contribution in [3.05, 3.63) is 18.2 Å². The van der Waals surface area contributed by atoms with Gasteiger partial charge in [0.15, 0.2) is 0 Å². The Hall–Kier alpha value is -2.07. The fourth-order valence-electron chi connectivity index (χ4n) is 2.25. The second kappa shape index (κ2) is 6.14. The summed E-state index contributed by atoms with van der Waals surface area (Å²) < 4.78 is 5.36. The number of nitriles is 1. The number of rotatable bonds is 2. The number of nitrogens with zero attached hydrogens (tertiary/aromatic N) is 4. The standard InChI is InChI=1S/C14H21N5O2/c1-14(2,3)21-13(20)19-6-4-18(5-7-19)12(8-15)11-9-16-10-17-11/h9-10,12H,4-7H2,1-3H3,(H,16,17). The number of carbonyl (C=O) groups is 1. The average Bonchev–Trinajstić information content (AvgIpc) is 2.92. The van der Waals surface area contributed by atoms with Gasteiger partial charge in [0.05, 0.1) is 24.3 Å². The van der Waals surface area contributed by atoms with Crippen LogP contribution in [-0.4, -0.2) is 57.6 Å². The van der Waals surface area contributed by atoms with Crippen LogP contribution in [0.3, 0.4) is 0 Å². The Morgan fingerprint density at radius 3 is 2.57 bits per heavy atom. The number of carbonyl (C=O) groups excluding carboxylic acids is 1. The van der Waals surface area contributed by atoms with E-state index in [9.17, 15) is 10.1 Å². The maximum atomic E-state index is 12.0. The topological polar surface area (TPSA) is 85.2 Å². The number of hydrogen-bond acceptors (Lipinski definition) is 5. The van der Waals surface area contributed by atoms with Crippen LogP contribution in [0.15, 0.2) is 12.5 Å². The molecule has 0 aliphatic carbocycles. The number of hydrogen-bond donors (Lipinski definition) is 1. The van der Waals surface area contributed by atoms with Gasteiger partial charge in [0.2, 0.25) is 0 Å². The zero-order valence-corrected chi connectivity index (χ0v) is 12.7. The second-order valence-corrected chi connectivity index (χ2v) is 6.04. The Kier molecular flexibility index (Phi) is 4.48. The maximum absolute atomic E-state index is 12.0. The fourth-order valence-corrected chi connectivity index (χ4v) is 2.25. The Labute approximate surface area is 124 Å². The molecule has 0 saturated carbocycles. The molecule has 0 spiro atoms. The normalized spacial score (nSPS) is 18.1. The van der Waals surface area contributed by atoms with Crippen molar-refractivity contribution in [2.45, 2.75) is 32.4 Å². The zero-order chi connectivity index (χ0) is 15.5. The molecule has 21 heavy (non-hydrogen) atoms. The van der Waals surface area contributed by atoms with E-state index in [1.54, 1.807) is 17.4 Å². The highest BCUT2D eigenvalue weighted by Crippen LogP contribution is 2.20. The lowest BCUT2D eigenvalue weighted by Gasteiger charge is -2.37. The molecule has 1 N–H and O–H groups in total. The molecular weight excluding hydrogens is 270 g/mol. The van der Waals surface area contributed by atoms with Crippen LogP contribution in [0, 0.1) is 11.3 Å². The number of amides is 1. The van der Waals surface area contributed by atoms with Gasteiger partial charge in [-0.25, -0.2) is 9.78 Å². The van der Waals surface area contributed by atoms with Gasteiger partial charge in [-0.05, 0) is 20.8 Å². The van der Waals surface area contributed by atoms with Crippen LogP contribution in [-0.2, 0) is 4.74 Å². The summed E-state index contributed by atoms with van der Waals surface area (Å²) in [6, 6.07) is 1.92. The van der Waals surface area contributed by atoms with Crippen molar-refractivity contribution in [3.63, 3.8) is 0 Å². The number of H-pyrrole nitrogens is 1. The third-order valence-electron chi connectivity index (χ3n) is 3.27. The lowest BCUT2D eigenvalue weighted by Crippen LogP contribution is -2.50. The molecule has 0 aromatic carbocycles. The largest absolute Gasteiger partial charge is 0.444 e. The van der Waals surface area contributed by atoms with Gasteiger partial charge in [-0.15, -0.1) is 0 Å². The molecule has 7 heteroatoms. The molecule has 7 nitrogen and oxygen atoms in total. The van der Waals surface area contributed by atoms with Crippen molar-refractivity contribution in [1.29, 1.82) is 5.26 Å². The number of ether oxygens (including phenoxy) is 1. The summed E-state index contributed by atoms with van der Waals surface area (Å²) in [5.41, 5.74) is 0.294. The summed E-state index contributed by atoms with van der Waals surface area (Å²) in [5, 5.41) is 9.33. The Morgan fingerprint density at radius 1 is 1.43 bits per heavy atom. The first-order chi connectivity index (χ1) is 9.90. The molecule has 1 unspecified atom stereocenters. The fraction of sp³-hybridized carbons (Fsp3) is 0.643. The van der Waals surface area contributed by atoms with E-state index in [0.717, 1.165) is 5.69 Å². The molecule has 1 amide bonds. The van der Waals surface area contributed by atoms with Gasteiger partial charge in [0, 0.05) is 26.2 Å². The van der Waals surface area contributed by atoms with Crippen LogP contribution in [0.25, 0.3) is 0 Å². The number of imidazole rings is 1. The lowest BCUT2D eigenvalue weighted by molar-refractivity contribution is 0.0123. The van der Waals surface area contributed by atoms with Crippen LogP contribution in [0.5, 0.6) is 0 Å². The SMILES string of the molecule is CC(C)(C)OC(=O)N1CCN(C(C#N)c2cnc[nH]2)CC1. The molecule has 1 aromatic rings. The third-order valence-corrected chi connectivity index (χ3v) is 3.27. The van der Waals surface area contributed by atoms with Crippen LogP contribution >= 0.6 is 0 Å². The highest BCUT2D eigenvalue weighted by molar-refractivity contribution is 5.68. The molecular formula is C14H21N5O2. The molecule has 1 atom stereocenters. The molecule has 1 fully saturated rings. The van der Waals surface area contributed by atoms with Crippen molar-refractivity contribution >= 4 is 6.09 Å². The monoisotopic (exact) mass is 291 g/mol. The van der Waals surface area contributed by atoms with Crippen molar-refractivity contribution in [3.8, 4) is 6.07 Å². The van der Waals surface area contributed by atoms with Gasteiger partial charge < -0.3 is 14.6 Å². The molecule has 2 rings (SSSR count). The predicted molar refractivity (Wildman–Crippen MR) is 76.3 cm³/mol. The molecule has 1 saturated heterocycles. The summed E-state index contributed by atoms with van der Waals surface area (Å²) >= 11 is 0. The van der Waals surface area contributed by atoms with E-state index in [4.69, 9.17) is 4.74 Å². The number of piperazine rings is 1. The molecule has 0 bridgehead atoms. The quantitative estimate of drug-likeness (QED) is 0.893. The van der Waals surface area contributed by atoms with Crippen LogP contribution in [0.2, 0.25) is 0 Å². The van der Waals surface area contributed by atoms with Gasteiger partial charge >= 0.3 is 6.09 Å². The number of nitrogens with one attached hydrogen (secondary N) is 1. The van der Waals surface area contributed by atoms with Gasteiger partial charge in [-0.3, -0.25) is 4.90 Å². The van der Waals surface area contributed by atoms with Crippen molar-refractivity contribution in [2.24, 2.45) is 0 Å². The summed E-state index contributed by atoms with van der Waals surface area (Å²) in [5.74, 6) is 0. The highest BCUT2D eigenvalue weighted by atomic mass is 16.6. The summed E-state index contributed by atoms with van der Waals surface area (Å²) in [6.07, 6.45) is 2.93. The van der Waals surface area contributed by atoms with E-state index in [1.807, 2.05) is 25.7 Å². The van der Waals surface area contributed by atoms with E-state index >= 15 is 0 Å². The first-order valence-corrected chi connectivity index (χ1v) is 7.00. The van der Waals surface area contributed by atoms with Gasteiger partial charge in [0.25, 0.3) is 0 Å². The van der Waals surface area contributed by atoms with E-state index < -0.39 is 5.60 Å². The van der Waals surface area contributed by atoms with Crippen molar-refractivity contribution in [1.82, 2.24) is 19.8 Å². The van der Waals surface area contributed by atoms with Gasteiger partial charge in [0.1, 0.15) is 11.6 Å². The van der Waals surface area contributed by atoms with Gasteiger partial charge in [-0.1, -0.05) is 0 Å². The van der Waals surface area contributed by atoms with E-state index in [1.165, 1.54) is 0 Å². The molecule has 1 aliphatic rings. The minimum Gasteiger partial charge on any atom is -0.444 e. The first kappa shape index (κ1) is 15.3. The average molecular weight is 291 g/mol. The predicted octanol–water partition coefficient (Wildman–Crippen LogP) is 1.53. The van der Waals surface area contributed by atoms with E-state index in [0.29, 0.717) is 26.2 Å². The first-order valence-electron chi connectivity index (χ1n) is 7.00. The van der Waals surface area contributed by atoms with Gasteiger partial charge in [-0.2, -0.15) is 5.26 Å².